The van der Waals surface area contributed by atoms with Crippen LogP contribution < -0.4 is 11.1 Å². The van der Waals surface area contributed by atoms with Gasteiger partial charge in [0.15, 0.2) is 0 Å². The quantitative estimate of drug-likeness (QED) is 0.637. The van der Waals surface area contributed by atoms with E-state index in [1.807, 2.05) is 38.1 Å². The smallest absolute Gasteiger partial charge is 0.237 e. The second-order valence-electron chi connectivity index (χ2n) is 4.64. The van der Waals surface area contributed by atoms with Crippen LogP contribution in [-0.4, -0.2) is 16.1 Å². The largest absolute Gasteiger partial charge is 0.399 e. The van der Waals surface area contributed by atoms with Gasteiger partial charge in [-0.25, -0.2) is 4.98 Å². The van der Waals surface area contributed by atoms with Gasteiger partial charge in [0.2, 0.25) is 5.91 Å². The Morgan fingerprint density at radius 1 is 1.38 bits per heavy atom. The number of carbonyl (C=O) groups excluding carboxylic acids is 1. The Morgan fingerprint density at radius 2 is 2.14 bits per heavy atom. The molecule has 0 spiro atoms. The van der Waals surface area contributed by atoms with Crippen molar-refractivity contribution in [2.75, 3.05) is 11.1 Å². The fourth-order valence-electron chi connectivity index (χ4n) is 1.73. The van der Waals surface area contributed by atoms with Crippen molar-refractivity contribution in [3.05, 3.63) is 46.6 Å². The van der Waals surface area contributed by atoms with E-state index in [-0.39, 0.29) is 11.2 Å². The average Bonchev–Trinajstić information content (AvgIpc) is 2.44. The SMILES string of the molecule is Cc1cc(N)ccc1NC(=O)C(C)Sc1ccc(Br)cn1. The molecule has 0 aliphatic carbocycles. The summed E-state index contributed by atoms with van der Waals surface area (Å²) in [5, 5.41) is 3.49. The second-order valence-corrected chi connectivity index (χ2v) is 6.92. The van der Waals surface area contributed by atoms with Crippen molar-refractivity contribution >= 4 is 45.0 Å². The number of nitrogens with two attached hydrogens (primary N) is 1. The number of carbonyl (C=O) groups is 1. The van der Waals surface area contributed by atoms with Gasteiger partial charge in [0.1, 0.15) is 0 Å². The summed E-state index contributed by atoms with van der Waals surface area (Å²) < 4.78 is 0.918. The van der Waals surface area contributed by atoms with Crippen LogP contribution in [0.2, 0.25) is 0 Å². The maximum atomic E-state index is 12.2. The molecule has 3 N–H and O–H groups in total. The van der Waals surface area contributed by atoms with Crippen molar-refractivity contribution in [3.63, 3.8) is 0 Å². The Labute approximate surface area is 136 Å². The van der Waals surface area contributed by atoms with Crippen molar-refractivity contribution in [2.45, 2.75) is 24.1 Å². The van der Waals surface area contributed by atoms with E-state index < -0.39 is 0 Å². The number of nitrogen functional groups attached to an aromatic ring is 1. The second kappa shape index (κ2) is 6.95. The summed E-state index contributed by atoms with van der Waals surface area (Å²) in [6, 6.07) is 9.22. The normalized spacial score (nSPS) is 12.0. The number of aryl methyl sites for hydroxylation is 1. The minimum atomic E-state index is -0.240. The first-order valence-corrected chi connectivity index (χ1v) is 8.08. The summed E-state index contributed by atoms with van der Waals surface area (Å²) in [5.74, 6) is -0.0578. The van der Waals surface area contributed by atoms with Crippen LogP contribution in [0.5, 0.6) is 0 Å². The van der Waals surface area contributed by atoms with Crippen LogP contribution in [0.25, 0.3) is 0 Å². The number of rotatable bonds is 4. The summed E-state index contributed by atoms with van der Waals surface area (Å²) in [6.45, 7) is 3.77. The highest BCUT2D eigenvalue weighted by Crippen LogP contribution is 2.24. The number of pyridine rings is 1. The Bertz CT molecular complexity index is 646. The number of hydrogen-bond donors (Lipinski definition) is 2. The number of halogens is 1. The van der Waals surface area contributed by atoms with E-state index in [4.69, 9.17) is 5.73 Å². The molecule has 4 nitrogen and oxygen atoms in total. The molecule has 0 saturated carbocycles. The third-order valence-corrected chi connectivity index (χ3v) is 4.40. The third-order valence-electron chi connectivity index (χ3n) is 2.88. The Balaban J connectivity index is 2.00. The highest BCUT2D eigenvalue weighted by Gasteiger charge is 2.16. The summed E-state index contributed by atoms with van der Waals surface area (Å²) >= 11 is 4.76. The van der Waals surface area contributed by atoms with E-state index in [0.717, 1.165) is 20.7 Å². The van der Waals surface area contributed by atoms with E-state index in [1.165, 1.54) is 11.8 Å². The van der Waals surface area contributed by atoms with Crippen LogP contribution in [0, 0.1) is 6.92 Å². The zero-order chi connectivity index (χ0) is 15.4. The molecule has 110 valence electrons. The molecule has 21 heavy (non-hydrogen) atoms. The Morgan fingerprint density at radius 3 is 2.76 bits per heavy atom. The molecule has 1 aromatic heterocycles. The Hall–Kier alpha value is -1.53. The van der Waals surface area contributed by atoms with Crippen molar-refractivity contribution < 1.29 is 4.79 Å². The fraction of sp³-hybridized carbons (Fsp3) is 0.200. The van der Waals surface area contributed by atoms with Crippen LogP contribution in [0.3, 0.4) is 0 Å². The van der Waals surface area contributed by atoms with E-state index in [0.29, 0.717) is 5.69 Å². The summed E-state index contributed by atoms with van der Waals surface area (Å²) in [4.78, 5) is 16.5. The number of hydrogen-bond acceptors (Lipinski definition) is 4. The molecule has 1 aromatic carbocycles. The summed E-state index contributed by atoms with van der Waals surface area (Å²) in [6.07, 6.45) is 1.72. The molecule has 1 heterocycles. The molecule has 1 unspecified atom stereocenters. The van der Waals surface area contributed by atoms with Gasteiger partial charge >= 0.3 is 0 Å². The predicted molar refractivity (Wildman–Crippen MR) is 91.5 cm³/mol. The molecule has 0 radical (unpaired) electrons. The van der Waals surface area contributed by atoms with E-state index in [2.05, 4.69) is 26.2 Å². The zero-order valence-corrected chi connectivity index (χ0v) is 14.2. The number of nitrogens with one attached hydrogen (secondary N) is 1. The standard InChI is InChI=1S/C15H16BrN3OS/c1-9-7-12(17)4-5-13(9)19-15(20)10(2)21-14-6-3-11(16)8-18-14/h3-8,10H,17H2,1-2H3,(H,19,20). The minimum Gasteiger partial charge on any atom is -0.399 e. The van der Waals surface area contributed by atoms with Gasteiger partial charge in [-0.3, -0.25) is 4.79 Å². The van der Waals surface area contributed by atoms with E-state index >= 15 is 0 Å². The summed E-state index contributed by atoms with van der Waals surface area (Å²) in [5.41, 5.74) is 8.12. The average molecular weight is 366 g/mol. The molecule has 0 aliphatic rings. The van der Waals surface area contributed by atoms with Gasteiger partial charge in [-0.15, -0.1) is 0 Å². The van der Waals surface area contributed by atoms with Crippen LogP contribution in [0.15, 0.2) is 46.0 Å². The van der Waals surface area contributed by atoms with Gasteiger partial charge in [0.25, 0.3) is 0 Å². The maximum absolute atomic E-state index is 12.2. The number of aromatic nitrogens is 1. The lowest BCUT2D eigenvalue weighted by Gasteiger charge is -2.13. The molecule has 0 saturated heterocycles. The van der Waals surface area contributed by atoms with Gasteiger partial charge in [0, 0.05) is 22.0 Å². The summed E-state index contributed by atoms with van der Waals surface area (Å²) in [7, 11) is 0. The lowest BCUT2D eigenvalue weighted by atomic mass is 10.2. The van der Waals surface area contributed by atoms with Crippen LogP contribution in [0.1, 0.15) is 12.5 Å². The van der Waals surface area contributed by atoms with Crippen molar-refractivity contribution in [2.24, 2.45) is 0 Å². The lowest BCUT2D eigenvalue weighted by molar-refractivity contribution is -0.115. The molecule has 0 aliphatic heterocycles. The number of amides is 1. The van der Waals surface area contributed by atoms with Crippen LogP contribution >= 0.6 is 27.7 Å². The monoisotopic (exact) mass is 365 g/mol. The molecule has 0 fully saturated rings. The molecule has 1 amide bonds. The van der Waals surface area contributed by atoms with Crippen molar-refractivity contribution in [1.29, 1.82) is 0 Å². The predicted octanol–water partition coefficient (Wildman–Crippen LogP) is 3.85. The maximum Gasteiger partial charge on any atom is 0.237 e. The van der Waals surface area contributed by atoms with Crippen LogP contribution in [0.4, 0.5) is 11.4 Å². The molecule has 1 atom stereocenters. The first kappa shape index (κ1) is 15.9. The van der Waals surface area contributed by atoms with Gasteiger partial charge in [-0.05, 0) is 65.7 Å². The van der Waals surface area contributed by atoms with Crippen molar-refractivity contribution in [1.82, 2.24) is 4.98 Å². The van der Waals surface area contributed by atoms with Gasteiger partial charge in [-0.1, -0.05) is 11.8 Å². The van der Waals surface area contributed by atoms with Gasteiger partial charge in [-0.2, -0.15) is 0 Å². The molecule has 2 rings (SSSR count). The number of anilines is 2. The highest BCUT2D eigenvalue weighted by molar-refractivity contribution is 9.10. The van der Waals surface area contributed by atoms with E-state index in [9.17, 15) is 4.79 Å². The van der Waals surface area contributed by atoms with Gasteiger partial charge < -0.3 is 11.1 Å². The topological polar surface area (TPSA) is 68.0 Å². The van der Waals surface area contributed by atoms with Crippen molar-refractivity contribution in [3.8, 4) is 0 Å². The van der Waals surface area contributed by atoms with Crippen LogP contribution in [-0.2, 0) is 4.79 Å². The van der Waals surface area contributed by atoms with E-state index in [1.54, 1.807) is 12.3 Å². The fourth-order valence-corrected chi connectivity index (χ4v) is 2.75. The highest BCUT2D eigenvalue weighted by atomic mass is 79.9. The molecule has 0 bridgehead atoms. The number of nitrogens with zero attached hydrogens (tertiary/aromatic N) is 1. The zero-order valence-electron chi connectivity index (χ0n) is 11.8. The number of benzene rings is 1. The Kier molecular flexibility index (Phi) is 5.25. The molecule has 2 aromatic rings. The number of thioether (sulfide) groups is 1. The lowest BCUT2D eigenvalue weighted by Crippen LogP contribution is -2.23. The third kappa shape index (κ3) is 4.47. The minimum absolute atomic E-state index is 0.0578. The first-order chi connectivity index (χ1) is 9.95. The molecular formula is C15H16BrN3OS. The molecular weight excluding hydrogens is 350 g/mol. The molecule has 6 heteroatoms. The first-order valence-electron chi connectivity index (χ1n) is 6.41. The van der Waals surface area contributed by atoms with Gasteiger partial charge in [0.05, 0.1) is 10.3 Å².